The summed E-state index contributed by atoms with van der Waals surface area (Å²) in [5.74, 6) is 0. The van der Waals surface area contributed by atoms with E-state index in [0.29, 0.717) is 12.1 Å². The summed E-state index contributed by atoms with van der Waals surface area (Å²) in [5.41, 5.74) is 4.18. The summed E-state index contributed by atoms with van der Waals surface area (Å²) in [6.45, 7) is 2.51. The number of anilines is 1. The third kappa shape index (κ3) is 2.57. The Morgan fingerprint density at radius 3 is 2.62 bits per heavy atom. The van der Waals surface area contributed by atoms with Crippen LogP contribution in [0.3, 0.4) is 0 Å². The van der Waals surface area contributed by atoms with Crippen molar-refractivity contribution in [2.75, 3.05) is 11.9 Å². The third-order valence-corrected chi connectivity index (χ3v) is 4.43. The van der Waals surface area contributed by atoms with Crippen molar-refractivity contribution in [2.24, 2.45) is 0 Å². The van der Waals surface area contributed by atoms with Gasteiger partial charge in [0.05, 0.1) is 0 Å². The highest BCUT2D eigenvalue weighted by Gasteiger charge is 2.21. The number of aryl methyl sites for hydroxylation is 1. The van der Waals surface area contributed by atoms with E-state index in [9.17, 15) is 13.0 Å². The van der Waals surface area contributed by atoms with Crippen molar-refractivity contribution in [2.45, 2.75) is 11.8 Å². The van der Waals surface area contributed by atoms with E-state index < -0.39 is 10.1 Å². The van der Waals surface area contributed by atoms with Gasteiger partial charge in [-0.05, 0) is 24.6 Å². The monoisotopic (exact) mass is 301 g/mol. The number of hydrogen-bond donors (Lipinski definition) is 2. The average molecular weight is 301 g/mol. The van der Waals surface area contributed by atoms with Crippen LogP contribution in [-0.4, -0.2) is 19.5 Å². The van der Waals surface area contributed by atoms with Crippen molar-refractivity contribution in [3.8, 4) is 0 Å². The smallest absolute Gasteiger partial charge is 0.295 e. The van der Waals surface area contributed by atoms with Crippen LogP contribution in [-0.2, 0) is 10.1 Å². The van der Waals surface area contributed by atoms with Gasteiger partial charge in [0.1, 0.15) is 4.90 Å². The predicted octanol–water partition coefficient (Wildman–Crippen LogP) is 3.10. The molecule has 21 heavy (non-hydrogen) atoms. The lowest BCUT2D eigenvalue weighted by atomic mass is 9.93. The van der Waals surface area contributed by atoms with Crippen molar-refractivity contribution in [1.29, 1.82) is 0 Å². The van der Waals surface area contributed by atoms with Crippen LogP contribution >= 0.6 is 0 Å². The largest absolute Gasteiger partial charge is 0.381 e. The van der Waals surface area contributed by atoms with Gasteiger partial charge >= 0.3 is 0 Å². The lowest BCUT2D eigenvalue weighted by Crippen LogP contribution is -2.11. The molecular weight excluding hydrogens is 286 g/mol. The minimum absolute atomic E-state index is 0.0592. The number of fused-ring (bicyclic) bond motifs is 1. The molecule has 1 aliphatic heterocycles. The lowest BCUT2D eigenvalue weighted by Gasteiger charge is -2.21. The van der Waals surface area contributed by atoms with E-state index in [1.54, 1.807) is 12.1 Å². The first-order valence-electron chi connectivity index (χ1n) is 6.59. The lowest BCUT2D eigenvalue weighted by molar-refractivity contribution is 0.483. The number of nitrogens with one attached hydrogen (secondary N) is 1. The SMILES string of the molecule is Cc1ccc(S(=O)(=O)O)c(C2=CCNc3ccccc32)c1. The maximum absolute atomic E-state index is 11.6. The predicted molar refractivity (Wildman–Crippen MR) is 83.0 cm³/mol. The molecule has 0 amide bonds. The molecule has 0 saturated heterocycles. The van der Waals surface area contributed by atoms with E-state index in [4.69, 9.17) is 0 Å². The topological polar surface area (TPSA) is 66.4 Å². The Labute approximate surface area is 123 Å². The highest BCUT2D eigenvalue weighted by Crippen LogP contribution is 2.35. The first-order valence-corrected chi connectivity index (χ1v) is 8.03. The van der Waals surface area contributed by atoms with Crippen LogP contribution in [0, 0.1) is 6.92 Å². The molecule has 4 nitrogen and oxygen atoms in total. The van der Waals surface area contributed by atoms with Crippen LogP contribution in [0.5, 0.6) is 0 Å². The summed E-state index contributed by atoms with van der Waals surface area (Å²) >= 11 is 0. The van der Waals surface area contributed by atoms with Crippen molar-refractivity contribution < 1.29 is 13.0 Å². The van der Waals surface area contributed by atoms with E-state index in [0.717, 1.165) is 22.4 Å². The number of hydrogen-bond acceptors (Lipinski definition) is 3. The molecule has 0 unspecified atom stereocenters. The zero-order valence-electron chi connectivity index (χ0n) is 11.5. The number of rotatable bonds is 2. The number of benzene rings is 2. The summed E-state index contributed by atoms with van der Waals surface area (Å²) in [7, 11) is -4.26. The van der Waals surface area contributed by atoms with E-state index in [1.165, 1.54) is 6.07 Å². The quantitative estimate of drug-likeness (QED) is 0.837. The molecule has 0 spiro atoms. The highest BCUT2D eigenvalue weighted by atomic mass is 32.2. The number of para-hydroxylation sites is 1. The molecular formula is C16H15NO3S. The van der Waals surface area contributed by atoms with Crippen LogP contribution in [0.4, 0.5) is 5.69 Å². The average Bonchev–Trinajstić information content (AvgIpc) is 2.45. The molecule has 0 aliphatic carbocycles. The van der Waals surface area contributed by atoms with Gasteiger partial charge in [0.2, 0.25) is 0 Å². The third-order valence-electron chi connectivity index (χ3n) is 3.52. The molecule has 1 heterocycles. The molecule has 1 aliphatic rings. The maximum atomic E-state index is 11.6. The normalized spacial score (nSPS) is 14.1. The van der Waals surface area contributed by atoms with Gasteiger partial charge in [-0.15, -0.1) is 0 Å². The molecule has 0 aromatic heterocycles. The Bertz CT molecular complexity index is 838. The minimum atomic E-state index is -4.26. The van der Waals surface area contributed by atoms with Gasteiger partial charge in [-0.1, -0.05) is 42.0 Å². The van der Waals surface area contributed by atoms with E-state index in [1.807, 2.05) is 37.3 Å². The molecule has 0 fully saturated rings. The van der Waals surface area contributed by atoms with Crippen molar-refractivity contribution in [3.63, 3.8) is 0 Å². The summed E-state index contributed by atoms with van der Waals surface area (Å²) in [6.07, 6.45) is 1.94. The molecule has 0 saturated carbocycles. The first kappa shape index (κ1) is 13.9. The Balaban J connectivity index is 2.26. The van der Waals surface area contributed by atoms with E-state index >= 15 is 0 Å². The molecule has 2 N–H and O–H groups in total. The molecule has 2 aromatic rings. The standard InChI is InChI=1S/C16H15NO3S/c1-11-6-7-16(21(18,19)20)14(10-11)12-8-9-17-15-5-3-2-4-13(12)15/h2-8,10,17H,9H2,1H3,(H,18,19,20). The summed E-state index contributed by atoms with van der Waals surface area (Å²) in [5, 5.41) is 3.25. The fraction of sp³-hybridized carbons (Fsp3) is 0.125. The van der Waals surface area contributed by atoms with E-state index in [-0.39, 0.29) is 4.90 Å². The molecule has 2 aromatic carbocycles. The van der Waals surface area contributed by atoms with Crippen LogP contribution in [0.2, 0.25) is 0 Å². The summed E-state index contributed by atoms with van der Waals surface area (Å²) in [6, 6.07) is 12.6. The molecule has 0 atom stereocenters. The first-order chi connectivity index (χ1) is 9.97. The Kier molecular flexibility index (Phi) is 3.31. The molecule has 3 rings (SSSR count). The Morgan fingerprint density at radius 2 is 1.86 bits per heavy atom. The second kappa shape index (κ2) is 5.02. The highest BCUT2D eigenvalue weighted by molar-refractivity contribution is 7.86. The molecule has 108 valence electrons. The van der Waals surface area contributed by atoms with Crippen molar-refractivity contribution in [1.82, 2.24) is 0 Å². The van der Waals surface area contributed by atoms with Gasteiger partial charge in [0.15, 0.2) is 0 Å². The van der Waals surface area contributed by atoms with Crippen LogP contribution in [0.25, 0.3) is 5.57 Å². The Hall–Kier alpha value is -2.11. The second-order valence-electron chi connectivity index (χ2n) is 5.02. The van der Waals surface area contributed by atoms with Gasteiger partial charge in [-0.2, -0.15) is 8.42 Å². The van der Waals surface area contributed by atoms with Gasteiger partial charge < -0.3 is 5.32 Å². The second-order valence-corrected chi connectivity index (χ2v) is 6.41. The van der Waals surface area contributed by atoms with Gasteiger partial charge in [-0.3, -0.25) is 4.55 Å². The Morgan fingerprint density at radius 1 is 1.10 bits per heavy atom. The van der Waals surface area contributed by atoms with Gasteiger partial charge in [-0.25, -0.2) is 0 Å². The fourth-order valence-corrected chi connectivity index (χ4v) is 3.27. The summed E-state index contributed by atoms with van der Waals surface area (Å²) < 4.78 is 32.7. The van der Waals surface area contributed by atoms with Gasteiger partial charge in [0, 0.05) is 23.4 Å². The molecule has 0 radical (unpaired) electrons. The van der Waals surface area contributed by atoms with Crippen LogP contribution in [0.15, 0.2) is 53.4 Å². The zero-order valence-corrected chi connectivity index (χ0v) is 12.3. The van der Waals surface area contributed by atoms with Crippen LogP contribution in [0.1, 0.15) is 16.7 Å². The van der Waals surface area contributed by atoms with Gasteiger partial charge in [0.25, 0.3) is 10.1 Å². The van der Waals surface area contributed by atoms with Crippen molar-refractivity contribution >= 4 is 21.4 Å². The maximum Gasteiger partial charge on any atom is 0.295 e. The summed E-state index contributed by atoms with van der Waals surface area (Å²) in [4.78, 5) is -0.0592. The van der Waals surface area contributed by atoms with E-state index in [2.05, 4.69) is 5.32 Å². The molecule has 0 bridgehead atoms. The van der Waals surface area contributed by atoms with Crippen molar-refractivity contribution in [3.05, 3.63) is 65.2 Å². The zero-order chi connectivity index (χ0) is 15.0. The van der Waals surface area contributed by atoms with Crippen LogP contribution < -0.4 is 5.32 Å². The molecule has 5 heteroatoms. The minimum Gasteiger partial charge on any atom is -0.381 e. The fourth-order valence-electron chi connectivity index (χ4n) is 2.58.